The highest BCUT2D eigenvalue weighted by Crippen LogP contribution is 2.28. The molecule has 0 radical (unpaired) electrons. The summed E-state index contributed by atoms with van der Waals surface area (Å²) in [6.07, 6.45) is 1.75. The van der Waals surface area contributed by atoms with Crippen molar-refractivity contribution >= 4 is 28.2 Å². The number of ether oxygens (including phenoxy) is 1. The van der Waals surface area contributed by atoms with Gasteiger partial charge in [-0.3, -0.25) is 0 Å². The third kappa shape index (κ3) is 3.98. The van der Waals surface area contributed by atoms with Crippen LogP contribution >= 0.6 is 0 Å². The van der Waals surface area contributed by atoms with Crippen LogP contribution in [0.25, 0.3) is 10.8 Å². The fourth-order valence-electron chi connectivity index (χ4n) is 3.13. The van der Waals surface area contributed by atoms with Crippen LogP contribution in [0.2, 0.25) is 0 Å². The number of anilines is 3. The summed E-state index contributed by atoms with van der Waals surface area (Å²) in [4.78, 5) is 6.36. The minimum absolute atomic E-state index is 0.592. The van der Waals surface area contributed by atoms with Gasteiger partial charge in [0, 0.05) is 25.2 Å². The Labute approximate surface area is 174 Å². The Hall–Kier alpha value is -4.18. The van der Waals surface area contributed by atoms with E-state index in [0.717, 1.165) is 27.9 Å². The number of hydrogen-bond acceptors (Lipinski definition) is 7. The summed E-state index contributed by atoms with van der Waals surface area (Å²) < 4.78 is 5.18. The van der Waals surface area contributed by atoms with Gasteiger partial charge < -0.3 is 15.0 Å². The van der Waals surface area contributed by atoms with E-state index in [0.29, 0.717) is 23.7 Å². The van der Waals surface area contributed by atoms with Crippen molar-refractivity contribution in [2.45, 2.75) is 6.54 Å². The van der Waals surface area contributed by atoms with Crippen molar-refractivity contribution in [2.24, 2.45) is 0 Å². The van der Waals surface area contributed by atoms with Crippen molar-refractivity contribution in [1.29, 1.82) is 5.26 Å². The molecule has 0 fully saturated rings. The number of nitriles is 1. The van der Waals surface area contributed by atoms with Crippen LogP contribution in [0.4, 0.5) is 17.5 Å². The highest BCUT2D eigenvalue weighted by Gasteiger charge is 2.12. The van der Waals surface area contributed by atoms with Crippen LogP contribution < -0.4 is 15.0 Å². The van der Waals surface area contributed by atoms with Gasteiger partial charge in [-0.2, -0.15) is 5.26 Å². The van der Waals surface area contributed by atoms with Crippen LogP contribution in [0.5, 0.6) is 5.75 Å². The lowest BCUT2D eigenvalue weighted by Crippen LogP contribution is -2.14. The van der Waals surface area contributed by atoms with Gasteiger partial charge in [-0.05, 0) is 53.4 Å². The van der Waals surface area contributed by atoms with Crippen molar-refractivity contribution in [3.8, 4) is 11.8 Å². The third-order valence-corrected chi connectivity index (χ3v) is 4.82. The maximum Gasteiger partial charge on any atom is 0.156 e. The third-order valence-electron chi connectivity index (χ3n) is 4.82. The standard InChI is InChI=1S/C23H20N6O/c1-29(23-20-13-17(14-24)3-6-18(20)11-12-25-23)22-10-9-21(27-28-22)26-15-16-4-7-19(30-2)8-5-16/h3-13H,15H2,1-2H3,(H,26,27). The van der Waals surface area contributed by atoms with Crippen LogP contribution in [-0.2, 0) is 6.54 Å². The van der Waals surface area contributed by atoms with Gasteiger partial charge in [-0.15, -0.1) is 10.2 Å². The molecule has 0 saturated carbocycles. The molecule has 0 aliphatic rings. The first kappa shape index (κ1) is 19.2. The van der Waals surface area contributed by atoms with Crippen LogP contribution in [0.3, 0.4) is 0 Å². The summed E-state index contributed by atoms with van der Waals surface area (Å²) in [7, 11) is 3.53. The number of rotatable bonds is 6. The zero-order valence-electron chi connectivity index (χ0n) is 16.7. The average molecular weight is 396 g/mol. The quantitative estimate of drug-likeness (QED) is 0.520. The zero-order chi connectivity index (χ0) is 20.9. The van der Waals surface area contributed by atoms with Gasteiger partial charge in [-0.25, -0.2) is 4.98 Å². The first-order valence-electron chi connectivity index (χ1n) is 9.41. The zero-order valence-corrected chi connectivity index (χ0v) is 16.7. The van der Waals surface area contributed by atoms with Crippen molar-refractivity contribution < 1.29 is 4.74 Å². The van der Waals surface area contributed by atoms with E-state index in [2.05, 4.69) is 26.6 Å². The van der Waals surface area contributed by atoms with Crippen molar-refractivity contribution in [3.63, 3.8) is 0 Å². The predicted octanol–water partition coefficient (Wildman–Crippen LogP) is 4.29. The minimum atomic E-state index is 0.592. The van der Waals surface area contributed by atoms with Gasteiger partial charge in [0.1, 0.15) is 17.4 Å². The van der Waals surface area contributed by atoms with Gasteiger partial charge in [0.15, 0.2) is 5.82 Å². The molecule has 0 unspecified atom stereocenters. The number of nitrogens with zero attached hydrogens (tertiary/aromatic N) is 5. The van der Waals surface area contributed by atoms with E-state index >= 15 is 0 Å². The molecular formula is C23H20N6O. The van der Waals surface area contributed by atoms with E-state index in [1.807, 2.05) is 66.5 Å². The monoisotopic (exact) mass is 396 g/mol. The first-order valence-corrected chi connectivity index (χ1v) is 9.41. The molecule has 4 aromatic rings. The fraction of sp³-hybridized carbons (Fsp3) is 0.130. The molecule has 2 heterocycles. The number of aromatic nitrogens is 3. The Morgan fingerprint density at radius 3 is 2.57 bits per heavy atom. The molecule has 1 N–H and O–H groups in total. The van der Waals surface area contributed by atoms with E-state index in [9.17, 15) is 5.26 Å². The number of hydrogen-bond donors (Lipinski definition) is 1. The molecule has 0 amide bonds. The molecule has 148 valence electrons. The van der Waals surface area contributed by atoms with Gasteiger partial charge in [-0.1, -0.05) is 18.2 Å². The summed E-state index contributed by atoms with van der Waals surface area (Å²) in [5.41, 5.74) is 1.71. The van der Waals surface area contributed by atoms with E-state index in [1.54, 1.807) is 19.4 Å². The molecule has 0 aliphatic carbocycles. The second-order valence-electron chi connectivity index (χ2n) is 6.72. The van der Waals surface area contributed by atoms with E-state index < -0.39 is 0 Å². The molecule has 0 aliphatic heterocycles. The summed E-state index contributed by atoms with van der Waals surface area (Å²) in [5.74, 6) is 2.89. The van der Waals surface area contributed by atoms with E-state index in [4.69, 9.17) is 4.74 Å². The smallest absolute Gasteiger partial charge is 0.156 e. The molecule has 7 heteroatoms. The molecule has 0 bridgehead atoms. The molecule has 30 heavy (non-hydrogen) atoms. The highest BCUT2D eigenvalue weighted by atomic mass is 16.5. The van der Waals surface area contributed by atoms with Gasteiger partial charge in [0.2, 0.25) is 0 Å². The highest BCUT2D eigenvalue weighted by molar-refractivity contribution is 5.94. The molecule has 0 spiro atoms. The van der Waals surface area contributed by atoms with Crippen LogP contribution in [-0.4, -0.2) is 29.3 Å². The van der Waals surface area contributed by atoms with Crippen LogP contribution in [0, 0.1) is 11.3 Å². The number of methoxy groups -OCH3 is 1. The Morgan fingerprint density at radius 1 is 1.03 bits per heavy atom. The molecule has 0 saturated heterocycles. The van der Waals surface area contributed by atoms with Crippen LogP contribution in [0.15, 0.2) is 66.9 Å². The first-order chi connectivity index (χ1) is 14.7. The van der Waals surface area contributed by atoms with Gasteiger partial charge >= 0.3 is 0 Å². The summed E-state index contributed by atoms with van der Waals surface area (Å²) in [6, 6.07) is 21.3. The number of benzene rings is 2. The second-order valence-corrected chi connectivity index (χ2v) is 6.72. The molecule has 7 nitrogen and oxygen atoms in total. The predicted molar refractivity (Wildman–Crippen MR) is 117 cm³/mol. The lowest BCUT2D eigenvalue weighted by Gasteiger charge is -2.18. The summed E-state index contributed by atoms with van der Waals surface area (Å²) in [6.45, 7) is 0.635. The minimum Gasteiger partial charge on any atom is -0.497 e. The average Bonchev–Trinajstić information content (AvgIpc) is 2.82. The SMILES string of the molecule is COc1ccc(CNc2ccc(N(C)c3nccc4ccc(C#N)cc34)nn2)cc1. The Bertz CT molecular complexity index is 1200. The number of nitrogens with one attached hydrogen (secondary N) is 1. The number of fused-ring (bicyclic) bond motifs is 1. The Morgan fingerprint density at radius 2 is 1.87 bits per heavy atom. The second kappa shape index (κ2) is 8.45. The normalized spacial score (nSPS) is 10.4. The fourth-order valence-corrected chi connectivity index (χ4v) is 3.13. The maximum atomic E-state index is 9.21. The molecule has 4 rings (SSSR count). The largest absolute Gasteiger partial charge is 0.497 e. The topological polar surface area (TPSA) is 87.0 Å². The van der Waals surface area contributed by atoms with Crippen molar-refractivity contribution in [1.82, 2.24) is 15.2 Å². The molecule has 2 aromatic heterocycles. The maximum absolute atomic E-state index is 9.21. The van der Waals surface area contributed by atoms with E-state index in [1.165, 1.54) is 0 Å². The Kier molecular flexibility index (Phi) is 5.39. The molecule has 2 aromatic carbocycles. The summed E-state index contributed by atoms with van der Waals surface area (Å²) in [5, 5.41) is 23.0. The number of pyridine rings is 1. The van der Waals surface area contributed by atoms with Gasteiger partial charge in [0.25, 0.3) is 0 Å². The lowest BCUT2D eigenvalue weighted by atomic mass is 10.1. The van der Waals surface area contributed by atoms with Gasteiger partial charge in [0.05, 0.1) is 18.7 Å². The van der Waals surface area contributed by atoms with Crippen molar-refractivity contribution in [3.05, 3.63) is 78.0 Å². The summed E-state index contributed by atoms with van der Waals surface area (Å²) >= 11 is 0. The Balaban J connectivity index is 1.51. The van der Waals surface area contributed by atoms with Crippen LogP contribution in [0.1, 0.15) is 11.1 Å². The van der Waals surface area contributed by atoms with Crippen molar-refractivity contribution in [2.75, 3.05) is 24.4 Å². The molecule has 0 atom stereocenters. The molecular weight excluding hydrogens is 376 g/mol. The lowest BCUT2D eigenvalue weighted by molar-refractivity contribution is 0.414. The van der Waals surface area contributed by atoms with E-state index in [-0.39, 0.29) is 0 Å².